The van der Waals surface area contributed by atoms with Crippen LogP contribution in [-0.2, 0) is 19.1 Å². The first kappa shape index (κ1) is 26.9. The monoisotopic (exact) mass is 605 g/mol. The van der Waals surface area contributed by atoms with Gasteiger partial charge >= 0.3 is 0 Å². The minimum absolute atomic E-state index is 0.238. The van der Waals surface area contributed by atoms with Crippen molar-refractivity contribution in [3.05, 3.63) is 53.6 Å². The van der Waals surface area contributed by atoms with Crippen molar-refractivity contribution >= 4 is 56.6 Å². The molecule has 3 aliphatic heterocycles. The first-order valence-corrected chi connectivity index (χ1v) is 13.8. The van der Waals surface area contributed by atoms with Crippen molar-refractivity contribution in [2.24, 2.45) is 11.8 Å². The van der Waals surface area contributed by atoms with Crippen molar-refractivity contribution in [3.8, 4) is 5.75 Å². The van der Waals surface area contributed by atoms with Crippen LogP contribution >= 0.6 is 27.5 Å². The Morgan fingerprint density at radius 2 is 1.76 bits per heavy atom. The van der Waals surface area contributed by atoms with Crippen LogP contribution in [0.5, 0.6) is 5.75 Å². The summed E-state index contributed by atoms with van der Waals surface area (Å²) in [4.78, 5) is 42.4. The number of nitrogens with one attached hydrogen (secondary N) is 2. The molecule has 0 aromatic heterocycles. The standard InChI is InChI=1S/C27H29BrClN3O6/c1-3-37-18-10-8-17(9-11-18)30-24(34)20-21-26(36)32(14(2)13-33)23(27(21)12-19(28)22(20)38-27)25(35)31-16-6-4-15(29)5-7-16/h4-11,14,19-23,33H,3,12-13H2,1-2H3,(H,30,34)(H,31,35)/t14-,19?,20+,21+,22+,23?,27?/m1/s1. The molecule has 11 heteroatoms. The predicted octanol–water partition coefficient (Wildman–Crippen LogP) is 3.44. The van der Waals surface area contributed by atoms with E-state index in [4.69, 9.17) is 21.1 Å². The Balaban J connectivity index is 1.46. The molecular formula is C27H29BrClN3O6. The fraction of sp³-hybridized carbons (Fsp3) is 0.444. The molecule has 0 saturated carbocycles. The van der Waals surface area contributed by atoms with Gasteiger partial charge in [-0.05, 0) is 68.8 Å². The molecule has 3 N–H and O–H groups in total. The van der Waals surface area contributed by atoms with Crippen LogP contribution in [0.25, 0.3) is 0 Å². The largest absolute Gasteiger partial charge is 0.494 e. The van der Waals surface area contributed by atoms with Crippen LogP contribution in [0.15, 0.2) is 48.5 Å². The lowest BCUT2D eigenvalue weighted by atomic mass is 9.70. The Labute approximate surface area is 233 Å². The van der Waals surface area contributed by atoms with Crippen LogP contribution < -0.4 is 15.4 Å². The van der Waals surface area contributed by atoms with Crippen LogP contribution in [0.1, 0.15) is 20.3 Å². The molecule has 3 saturated heterocycles. The van der Waals surface area contributed by atoms with Crippen LogP contribution in [0, 0.1) is 11.8 Å². The number of carbonyl (C=O) groups excluding carboxylic acids is 3. The molecule has 0 aliphatic carbocycles. The van der Waals surface area contributed by atoms with E-state index in [-0.39, 0.29) is 23.2 Å². The summed E-state index contributed by atoms with van der Waals surface area (Å²) >= 11 is 9.63. The molecule has 38 heavy (non-hydrogen) atoms. The molecule has 5 rings (SSSR count). The highest BCUT2D eigenvalue weighted by molar-refractivity contribution is 9.09. The van der Waals surface area contributed by atoms with Gasteiger partial charge in [0.2, 0.25) is 17.7 Å². The van der Waals surface area contributed by atoms with E-state index in [2.05, 4.69) is 26.6 Å². The Kier molecular flexibility index (Phi) is 7.43. The molecule has 3 aliphatic rings. The number of carbonyl (C=O) groups is 3. The highest BCUT2D eigenvalue weighted by atomic mass is 79.9. The number of aliphatic hydroxyl groups is 1. The lowest BCUT2D eigenvalue weighted by molar-refractivity contribution is -0.142. The molecule has 0 radical (unpaired) electrons. The summed E-state index contributed by atoms with van der Waals surface area (Å²) < 4.78 is 11.9. The average molecular weight is 607 g/mol. The van der Waals surface area contributed by atoms with Gasteiger partial charge in [-0.3, -0.25) is 14.4 Å². The summed E-state index contributed by atoms with van der Waals surface area (Å²) in [5.74, 6) is -2.21. The third-order valence-corrected chi connectivity index (χ3v) is 8.66. The van der Waals surface area contributed by atoms with Gasteiger partial charge in [-0.2, -0.15) is 0 Å². The van der Waals surface area contributed by atoms with Crippen molar-refractivity contribution in [2.75, 3.05) is 23.8 Å². The Morgan fingerprint density at radius 1 is 1.16 bits per heavy atom. The number of benzene rings is 2. The number of ether oxygens (including phenoxy) is 2. The first-order valence-electron chi connectivity index (χ1n) is 12.5. The molecule has 2 aromatic carbocycles. The van der Waals surface area contributed by atoms with E-state index >= 15 is 0 Å². The quantitative estimate of drug-likeness (QED) is 0.397. The van der Waals surface area contributed by atoms with Crippen LogP contribution in [0.4, 0.5) is 11.4 Å². The van der Waals surface area contributed by atoms with Crippen molar-refractivity contribution < 1.29 is 29.0 Å². The zero-order valence-electron chi connectivity index (χ0n) is 20.9. The molecule has 202 valence electrons. The second-order valence-electron chi connectivity index (χ2n) is 9.88. The lowest BCUT2D eigenvalue weighted by Gasteiger charge is -2.35. The van der Waals surface area contributed by atoms with Crippen molar-refractivity contribution in [2.45, 2.75) is 48.9 Å². The van der Waals surface area contributed by atoms with E-state index in [0.717, 1.165) is 0 Å². The lowest BCUT2D eigenvalue weighted by Crippen LogP contribution is -2.56. The van der Waals surface area contributed by atoms with Gasteiger partial charge in [0.25, 0.3) is 0 Å². The van der Waals surface area contributed by atoms with Crippen LogP contribution in [0.3, 0.4) is 0 Å². The van der Waals surface area contributed by atoms with Gasteiger partial charge < -0.3 is 30.1 Å². The van der Waals surface area contributed by atoms with E-state index in [1.807, 2.05) is 6.92 Å². The Morgan fingerprint density at radius 3 is 2.37 bits per heavy atom. The number of amides is 3. The summed E-state index contributed by atoms with van der Waals surface area (Å²) in [7, 11) is 0. The SMILES string of the molecule is CCOc1ccc(NC(=O)[C@H]2[C@H]3C(=O)N([C@H](C)CO)C(C(=O)Nc4ccc(Cl)cc4)C34CC(Br)[C@@H]2O4)cc1. The second kappa shape index (κ2) is 10.5. The van der Waals surface area contributed by atoms with E-state index in [0.29, 0.717) is 35.2 Å². The molecule has 1 spiro atoms. The Hall–Kier alpha value is -2.66. The number of halogens is 2. The number of nitrogens with zero attached hydrogens (tertiary/aromatic N) is 1. The maximum Gasteiger partial charge on any atom is 0.250 e. The fourth-order valence-electron chi connectivity index (χ4n) is 6.00. The number of rotatable bonds is 8. The highest BCUT2D eigenvalue weighted by Gasteiger charge is 2.76. The van der Waals surface area contributed by atoms with E-state index in [1.165, 1.54) is 4.90 Å². The van der Waals surface area contributed by atoms with Crippen molar-refractivity contribution in [1.82, 2.24) is 4.90 Å². The predicted molar refractivity (Wildman–Crippen MR) is 145 cm³/mol. The number of aliphatic hydroxyl groups excluding tert-OH is 1. The number of fused-ring (bicyclic) bond motifs is 1. The maximum atomic E-state index is 13.9. The van der Waals surface area contributed by atoms with Gasteiger partial charge in [-0.15, -0.1) is 0 Å². The van der Waals surface area contributed by atoms with Gasteiger partial charge in [0, 0.05) is 21.2 Å². The van der Waals surface area contributed by atoms with Gasteiger partial charge in [0.05, 0.1) is 37.2 Å². The van der Waals surface area contributed by atoms with Crippen LogP contribution in [0.2, 0.25) is 5.02 Å². The topological polar surface area (TPSA) is 117 Å². The average Bonchev–Trinajstić information content (AvgIpc) is 3.49. The minimum atomic E-state index is -1.23. The third kappa shape index (κ3) is 4.47. The maximum absolute atomic E-state index is 13.9. The van der Waals surface area contributed by atoms with E-state index in [1.54, 1.807) is 55.5 Å². The first-order chi connectivity index (χ1) is 18.2. The zero-order chi connectivity index (χ0) is 27.2. The number of anilines is 2. The minimum Gasteiger partial charge on any atom is -0.494 e. The van der Waals surface area contributed by atoms with Crippen molar-refractivity contribution in [1.29, 1.82) is 0 Å². The fourth-order valence-corrected chi connectivity index (χ4v) is 7.07. The van der Waals surface area contributed by atoms with Gasteiger partial charge in [0.15, 0.2) is 0 Å². The van der Waals surface area contributed by atoms with E-state index in [9.17, 15) is 19.5 Å². The van der Waals surface area contributed by atoms with Crippen LogP contribution in [-0.4, -0.2) is 69.6 Å². The molecule has 2 aromatic rings. The molecule has 9 nitrogen and oxygen atoms in total. The molecule has 3 amide bonds. The smallest absolute Gasteiger partial charge is 0.250 e. The molecular weight excluding hydrogens is 578 g/mol. The number of hydrogen-bond acceptors (Lipinski definition) is 6. The molecule has 3 unspecified atom stereocenters. The van der Waals surface area contributed by atoms with Crippen molar-refractivity contribution in [3.63, 3.8) is 0 Å². The summed E-state index contributed by atoms with van der Waals surface area (Å²) in [5, 5.41) is 16.3. The summed E-state index contributed by atoms with van der Waals surface area (Å²) in [6.07, 6.45) is -0.224. The molecule has 2 bridgehead atoms. The summed E-state index contributed by atoms with van der Waals surface area (Å²) in [5.41, 5.74) is -0.156. The zero-order valence-corrected chi connectivity index (χ0v) is 23.2. The summed E-state index contributed by atoms with van der Waals surface area (Å²) in [6.45, 7) is 3.75. The van der Waals surface area contributed by atoms with Gasteiger partial charge in [-0.1, -0.05) is 27.5 Å². The number of likely N-dealkylation sites (tertiary alicyclic amines) is 1. The van der Waals surface area contributed by atoms with E-state index < -0.39 is 41.5 Å². The highest BCUT2D eigenvalue weighted by Crippen LogP contribution is 2.60. The molecule has 3 heterocycles. The van der Waals surface area contributed by atoms with Gasteiger partial charge in [-0.25, -0.2) is 0 Å². The second-order valence-corrected chi connectivity index (χ2v) is 11.5. The Bertz CT molecular complexity index is 1230. The molecule has 3 fully saturated rings. The number of hydrogen-bond donors (Lipinski definition) is 3. The third-order valence-electron chi connectivity index (χ3n) is 7.56. The van der Waals surface area contributed by atoms with Gasteiger partial charge in [0.1, 0.15) is 17.4 Å². The number of alkyl halides is 1. The summed E-state index contributed by atoms with van der Waals surface area (Å²) in [6, 6.07) is 11.9. The molecule has 7 atom stereocenters. The normalized spacial score (nSPS) is 30.2.